The fraction of sp³-hybridized carbons (Fsp3) is 0.375. The number of hydrogen-bond acceptors (Lipinski definition) is 6. The predicted molar refractivity (Wildman–Crippen MR) is 83.4 cm³/mol. The Bertz CT molecular complexity index is 655. The molecule has 0 aliphatic carbocycles. The molecule has 1 saturated heterocycles. The molecule has 1 fully saturated rings. The number of ether oxygens (including phenoxy) is 4. The molecule has 2 rings (SSSR count). The van der Waals surface area contributed by atoms with Crippen LogP contribution in [0.2, 0.25) is 5.02 Å². The molecule has 0 N–H and O–H groups in total. The number of carbonyl (C=O) groups is 2. The first-order valence-electron chi connectivity index (χ1n) is 6.96. The number of benzene rings is 1. The molecule has 0 unspecified atom stereocenters. The molecule has 0 aromatic heterocycles. The second kappa shape index (κ2) is 6.50. The summed E-state index contributed by atoms with van der Waals surface area (Å²) >= 11 is 6.17. The molecule has 0 radical (unpaired) electrons. The summed E-state index contributed by atoms with van der Waals surface area (Å²) in [5.41, 5.74) is 0.179. The van der Waals surface area contributed by atoms with E-state index in [2.05, 4.69) is 0 Å². The molecule has 0 atom stereocenters. The SMILES string of the molecule is CCOc1cc(C=C2C(=O)OC(C)(C)OC2=O)c(Cl)cc1OC. The van der Waals surface area contributed by atoms with Crippen LogP contribution < -0.4 is 9.47 Å². The molecule has 23 heavy (non-hydrogen) atoms. The summed E-state index contributed by atoms with van der Waals surface area (Å²) in [6.45, 7) is 5.21. The van der Waals surface area contributed by atoms with Gasteiger partial charge in [-0.15, -0.1) is 0 Å². The third-order valence-electron chi connectivity index (χ3n) is 3.00. The van der Waals surface area contributed by atoms with E-state index in [4.69, 9.17) is 30.5 Å². The number of hydrogen-bond donors (Lipinski definition) is 0. The zero-order chi connectivity index (χ0) is 17.2. The van der Waals surface area contributed by atoms with Gasteiger partial charge in [0.2, 0.25) is 0 Å². The van der Waals surface area contributed by atoms with Crippen LogP contribution in [0.5, 0.6) is 11.5 Å². The Morgan fingerprint density at radius 1 is 1.17 bits per heavy atom. The molecule has 0 amide bonds. The van der Waals surface area contributed by atoms with Crippen LogP contribution in [0.25, 0.3) is 6.08 Å². The van der Waals surface area contributed by atoms with Gasteiger partial charge in [0.1, 0.15) is 5.57 Å². The minimum atomic E-state index is -1.29. The monoisotopic (exact) mass is 340 g/mol. The quantitative estimate of drug-likeness (QED) is 0.477. The molecule has 1 heterocycles. The average molecular weight is 341 g/mol. The highest BCUT2D eigenvalue weighted by atomic mass is 35.5. The molecule has 6 nitrogen and oxygen atoms in total. The largest absolute Gasteiger partial charge is 0.493 e. The summed E-state index contributed by atoms with van der Waals surface area (Å²) in [6.07, 6.45) is 1.31. The van der Waals surface area contributed by atoms with Gasteiger partial charge in [0.05, 0.1) is 18.7 Å². The van der Waals surface area contributed by atoms with Crippen LogP contribution >= 0.6 is 11.6 Å². The van der Waals surface area contributed by atoms with Gasteiger partial charge in [-0.1, -0.05) is 11.6 Å². The van der Waals surface area contributed by atoms with E-state index in [9.17, 15) is 9.59 Å². The molecule has 0 spiro atoms. The number of carbonyl (C=O) groups excluding carboxylic acids is 2. The summed E-state index contributed by atoms with van der Waals surface area (Å²) in [6, 6.07) is 3.13. The molecular formula is C16H17ClO6. The van der Waals surface area contributed by atoms with Crippen molar-refractivity contribution in [3.8, 4) is 11.5 Å². The van der Waals surface area contributed by atoms with Crippen molar-refractivity contribution in [2.45, 2.75) is 26.6 Å². The lowest BCUT2D eigenvalue weighted by Crippen LogP contribution is -2.41. The number of halogens is 1. The summed E-state index contributed by atoms with van der Waals surface area (Å²) in [5, 5.41) is 0.295. The molecule has 1 aliphatic rings. The highest BCUT2D eigenvalue weighted by Crippen LogP contribution is 2.35. The van der Waals surface area contributed by atoms with Crippen molar-refractivity contribution in [1.29, 1.82) is 0 Å². The second-order valence-electron chi connectivity index (χ2n) is 5.19. The van der Waals surface area contributed by atoms with Gasteiger partial charge < -0.3 is 18.9 Å². The summed E-state index contributed by atoms with van der Waals surface area (Å²) in [4.78, 5) is 24.0. The highest BCUT2D eigenvalue weighted by molar-refractivity contribution is 6.32. The van der Waals surface area contributed by atoms with E-state index in [-0.39, 0.29) is 5.57 Å². The van der Waals surface area contributed by atoms with Crippen LogP contribution in [-0.2, 0) is 19.1 Å². The summed E-state index contributed by atoms with van der Waals surface area (Å²) in [5.74, 6) is -1.92. The van der Waals surface area contributed by atoms with E-state index in [1.165, 1.54) is 27.0 Å². The Kier molecular flexibility index (Phi) is 4.85. The van der Waals surface area contributed by atoms with E-state index in [0.717, 1.165) is 0 Å². The van der Waals surface area contributed by atoms with Crippen LogP contribution in [0.3, 0.4) is 0 Å². The molecular weight excluding hydrogens is 324 g/mol. The Morgan fingerprint density at radius 2 is 1.78 bits per heavy atom. The van der Waals surface area contributed by atoms with E-state index in [1.54, 1.807) is 12.1 Å². The van der Waals surface area contributed by atoms with Crippen LogP contribution in [0, 0.1) is 0 Å². The van der Waals surface area contributed by atoms with Gasteiger partial charge in [-0.3, -0.25) is 0 Å². The zero-order valence-electron chi connectivity index (χ0n) is 13.3. The first kappa shape index (κ1) is 17.1. The average Bonchev–Trinajstić information content (AvgIpc) is 2.44. The molecule has 0 bridgehead atoms. The van der Waals surface area contributed by atoms with Crippen LogP contribution in [0.1, 0.15) is 26.3 Å². The van der Waals surface area contributed by atoms with Crippen molar-refractivity contribution in [3.63, 3.8) is 0 Å². The maximum Gasteiger partial charge on any atom is 0.348 e. The van der Waals surface area contributed by atoms with Crippen molar-refractivity contribution in [2.24, 2.45) is 0 Å². The number of cyclic esters (lactones) is 2. The van der Waals surface area contributed by atoms with Gasteiger partial charge in [0.15, 0.2) is 11.5 Å². The van der Waals surface area contributed by atoms with E-state index in [0.29, 0.717) is 28.7 Å². The zero-order valence-corrected chi connectivity index (χ0v) is 14.0. The fourth-order valence-electron chi connectivity index (χ4n) is 2.02. The molecule has 0 saturated carbocycles. The van der Waals surface area contributed by atoms with Gasteiger partial charge in [-0.05, 0) is 24.6 Å². The second-order valence-corrected chi connectivity index (χ2v) is 5.60. The van der Waals surface area contributed by atoms with Crippen LogP contribution in [-0.4, -0.2) is 31.4 Å². The van der Waals surface area contributed by atoms with Gasteiger partial charge in [-0.2, -0.15) is 0 Å². The predicted octanol–water partition coefficient (Wildman–Crippen LogP) is 2.97. The van der Waals surface area contributed by atoms with Crippen molar-refractivity contribution in [1.82, 2.24) is 0 Å². The molecule has 1 aliphatic heterocycles. The van der Waals surface area contributed by atoms with Crippen molar-refractivity contribution < 1.29 is 28.5 Å². The molecule has 1 aromatic carbocycles. The number of esters is 2. The third kappa shape index (κ3) is 3.76. The lowest BCUT2D eigenvalue weighted by molar-refractivity contribution is -0.222. The Morgan fingerprint density at radius 3 is 2.30 bits per heavy atom. The van der Waals surface area contributed by atoms with Gasteiger partial charge in [0.25, 0.3) is 5.79 Å². The van der Waals surface area contributed by atoms with E-state index >= 15 is 0 Å². The van der Waals surface area contributed by atoms with Crippen LogP contribution in [0.4, 0.5) is 0 Å². The minimum Gasteiger partial charge on any atom is -0.493 e. The minimum absolute atomic E-state index is 0.237. The van der Waals surface area contributed by atoms with E-state index < -0.39 is 17.7 Å². The van der Waals surface area contributed by atoms with Gasteiger partial charge >= 0.3 is 11.9 Å². The van der Waals surface area contributed by atoms with Gasteiger partial charge in [-0.25, -0.2) is 9.59 Å². The fourth-order valence-corrected chi connectivity index (χ4v) is 2.23. The number of rotatable bonds is 4. The van der Waals surface area contributed by atoms with Crippen molar-refractivity contribution in [2.75, 3.05) is 13.7 Å². The Labute approximate surface area is 138 Å². The van der Waals surface area contributed by atoms with Crippen molar-refractivity contribution >= 4 is 29.6 Å². The van der Waals surface area contributed by atoms with Gasteiger partial charge in [0, 0.05) is 19.9 Å². The summed E-state index contributed by atoms with van der Waals surface area (Å²) < 4.78 is 20.7. The standard InChI is InChI=1S/C16H17ClO6/c1-5-21-13-7-9(11(17)8-12(13)20-4)6-10-14(18)22-16(2,3)23-15(10)19/h6-8H,5H2,1-4H3. The molecule has 1 aromatic rings. The van der Waals surface area contributed by atoms with E-state index in [1.807, 2.05) is 6.92 Å². The maximum atomic E-state index is 12.0. The smallest absolute Gasteiger partial charge is 0.348 e. The van der Waals surface area contributed by atoms with Crippen molar-refractivity contribution in [3.05, 3.63) is 28.3 Å². The normalized spacial score (nSPS) is 16.5. The topological polar surface area (TPSA) is 71.1 Å². The first-order valence-corrected chi connectivity index (χ1v) is 7.34. The first-order chi connectivity index (χ1) is 10.8. The lowest BCUT2D eigenvalue weighted by atomic mass is 10.1. The van der Waals surface area contributed by atoms with Crippen LogP contribution in [0.15, 0.2) is 17.7 Å². The Hall–Kier alpha value is -2.21. The maximum absolute atomic E-state index is 12.0. The lowest BCUT2D eigenvalue weighted by Gasteiger charge is -2.29. The number of methoxy groups -OCH3 is 1. The highest BCUT2D eigenvalue weighted by Gasteiger charge is 2.39. The third-order valence-corrected chi connectivity index (χ3v) is 3.33. The molecule has 124 valence electrons. The summed E-state index contributed by atoms with van der Waals surface area (Å²) in [7, 11) is 1.49. The Balaban J connectivity index is 2.44. The molecule has 7 heteroatoms.